The molecule has 10 heteroatoms. The van der Waals surface area contributed by atoms with E-state index in [4.69, 9.17) is 5.11 Å². The number of rotatable bonds is 6. The molecular weight excluding hydrogens is 355 g/mol. The van der Waals surface area contributed by atoms with Crippen LogP contribution in [0.3, 0.4) is 0 Å². The van der Waals surface area contributed by atoms with Gasteiger partial charge >= 0.3 is 5.97 Å². The average Bonchev–Trinajstić information content (AvgIpc) is 2.54. The van der Waals surface area contributed by atoms with Crippen molar-refractivity contribution in [2.24, 2.45) is 0 Å². The van der Waals surface area contributed by atoms with E-state index in [1.54, 1.807) is 0 Å². The molecule has 2 rings (SSSR count). The Morgan fingerprint density at radius 1 is 1.31 bits per heavy atom. The predicted molar refractivity (Wildman–Crippen MR) is 84.0 cm³/mol. The Morgan fingerprint density at radius 2 is 1.96 bits per heavy atom. The number of alkyl halides is 2. The van der Waals surface area contributed by atoms with Gasteiger partial charge in [-0.1, -0.05) is 12.1 Å². The second-order valence-corrected chi connectivity index (χ2v) is 5.35. The van der Waals surface area contributed by atoms with Crippen molar-refractivity contribution in [2.75, 3.05) is 0 Å². The van der Waals surface area contributed by atoms with E-state index in [-0.39, 0.29) is 11.4 Å². The van der Waals surface area contributed by atoms with Crippen LogP contribution in [0, 0.1) is 12.7 Å². The third kappa shape index (κ3) is 4.26. The summed E-state index contributed by atoms with van der Waals surface area (Å²) in [5, 5.41) is 14.5. The maximum atomic E-state index is 13.9. The van der Waals surface area contributed by atoms with Gasteiger partial charge in [-0.05, 0) is 19.1 Å². The first-order valence-corrected chi connectivity index (χ1v) is 7.38. The Hall–Kier alpha value is -3.17. The van der Waals surface area contributed by atoms with Gasteiger partial charge in [0.2, 0.25) is 11.9 Å². The lowest BCUT2D eigenvalue weighted by Gasteiger charge is -2.15. The number of aryl methyl sites for hydroxylation is 1. The molecule has 1 atom stereocenters. The van der Waals surface area contributed by atoms with E-state index in [0.29, 0.717) is 0 Å². The summed E-state index contributed by atoms with van der Waals surface area (Å²) in [6.45, 7) is 1.46. The zero-order valence-corrected chi connectivity index (χ0v) is 13.4. The zero-order chi connectivity index (χ0) is 19.4. The maximum absolute atomic E-state index is 13.9. The van der Waals surface area contributed by atoms with Crippen LogP contribution in [0.1, 0.15) is 22.6 Å². The van der Waals surface area contributed by atoms with Gasteiger partial charge in [-0.25, -0.2) is 22.6 Å². The lowest BCUT2D eigenvalue weighted by molar-refractivity contribution is -0.140. The summed E-state index contributed by atoms with van der Waals surface area (Å²) in [5.74, 6) is -3.59. The highest BCUT2D eigenvalue weighted by atomic mass is 19.3. The van der Waals surface area contributed by atoms with Crippen LogP contribution in [0.25, 0.3) is 5.69 Å². The monoisotopic (exact) mass is 369 g/mol. The van der Waals surface area contributed by atoms with Crippen molar-refractivity contribution in [1.29, 1.82) is 0 Å². The van der Waals surface area contributed by atoms with E-state index in [9.17, 15) is 27.6 Å². The number of para-hydroxylation sites is 1. The molecule has 0 bridgehead atoms. The fourth-order valence-corrected chi connectivity index (χ4v) is 2.20. The number of carboxylic acids is 1. The van der Waals surface area contributed by atoms with E-state index in [1.807, 2.05) is 5.32 Å². The van der Waals surface area contributed by atoms with Crippen LogP contribution >= 0.6 is 0 Å². The van der Waals surface area contributed by atoms with E-state index >= 15 is 0 Å². The fourth-order valence-electron chi connectivity index (χ4n) is 2.20. The smallest absolute Gasteiger partial charge is 0.326 e. The summed E-state index contributed by atoms with van der Waals surface area (Å²) in [6, 6.07) is 4.58. The van der Waals surface area contributed by atoms with Crippen molar-refractivity contribution in [3.8, 4) is 5.69 Å². The highest BCUT2D eigenvalue weighted by Gasteiger charge is 2.26. The van der Waals surface area contributed by atoms with E-state index in [0.717, 1.165) is 16.8 Å². The van der Waals surface area contributed by atoms with Crippen LogP contribution < -0.4 is 10.7 Å². The van der Waals surface area contributed by atoms with Gasteiger partial charge in [0.25, 0.3) is 5.91 Å². The molecule has 1 unspecified atom stereocenters. The summed E-state index contributed by atoms with van der Waals surface area (Å²) in [6.07, 6.45) is -4.11. The molecule has 26 heavy (non-hydrogen) atoms. The Kier molecular flexibility index (Phi) is 5.75. The number of amides is 1. The van der Waals surface area contributed by atoms with Crippen LogP contribution in [0.5, 0.6) is 0 Å². The number of nitrogens with one attached hydrogen (secondary N) is 1. The quantitative estimate of drug-likeness (QED) is 0.804. The number of benzene rings is 1. The third-order valence-corrected chi connectivity index (χ3v) is 3.42. The summed E-state index contributed by atoms with van der Waals surface area (Å²) < 4.78 is 39.8. The number of aliphatic carboxylic acids is 1. The van der Waals surface area contributed by atoms with Gasteiger partial charge in [-0.15, -0.1) is 0 Å². The molecule has 0 saturated heterocycles. The number of hydrogen-bond acceptors (Lipinski definition) is 4. The van der Waals surface area contributed by atoms with Gasteiger partial charge in [0.15, 0.2) is 5.69 Å². The molecule has 0 aliphatic rings. The lowest BCUT2D eigenvalue weighted by Crippen LogP contribution is -2.44. The summed E-state index contributed by atoms with van der Waals surface area (Å²) in [5.41, 5.74) is -1.41. The van der Waals surface area contributed by atoms with Crippen LogP contribution in [-0.4, -0.2) is 39.2 Å². The Morgan fingerprint density at radius 3 is 2.54 bits per heavy atom. The fraction of sp³-hybridized carbons (Fsp3) is 0.250. The van der Waals surface area contributed by atoms with Crippen LogP contribution in [0.4, 0.5) is 13.2 Å². The van der Waals surface area contributed by atoms with Gasteiger partial charge in [0.05, 0.1) is 0 Å². The Labute approximate surface area is 145 Å². The minimum atomic E-state index is -2.97. The van der Waals surface area contributed by atoms with Crippen molar-refractivity contribution in [1.82, 2.24) is 15.1 Å². The SMILES string of the molecule is Cc1cc(=O)c(C(=O)NC(CC(F)F)C(=O)O)nn1-c1ccccc1F. The first kappa shape index (κ1) is 19.2. The van der Waals surface area contributed by atoms with Gasteiger partial charge in [0.1, 0.15) is 17.5 Å². The number of carbonyl (C=O) groups is 2. The van der Waals surface area contributed by atoms with Crippen molar-refractivity contribution in [2.45, 2.75) is 25.8 Å². The molecule has 0 radical (unpaired) electrons. The number of carboxylic acid groups (broad SMARTS) is 1. The number of hydrogen-bond donors (Lipinski definition) is 2. The lowest BCUT2D eigenvalue weighted by atomic mass is 10.2. The van der Waals surface area contributed by atoms with Crippen molar-refractivity contribution >= 4 is 11.9 Å². The molecule has 1 amide bonds. The predicted octanol–water partition coefficient (Wildman–Crippen LogP) is 1.52. The molecule has 0 saturated carbocycles. The highest BCUT2D eigenvalue weighted by molar-refractivity contribution is 5.94. The Bertz CT molecular complexity index is 899. The molecule has 7 nitrogen and oxygen atoms in total. The first-order chi connectivity index (χ1) is 12.2. The van der Waals surface area contributed by atoms with Gasteiger partial charge in [-0.3, -0.25) is 9.59 Å². The largest absolute Gasteiger partial charge is 0.480 e. The van der Waals surface area contributed by atoms with Crippen molar-refractivity contribution in [3.63, 3.8) is 0 Å². The molecule has 0 fully saturated rings. The molecular formula is C16H14F3N3O4. The number of aromatic nitrogens is 2. The second kappa shape index (κ2) is 7.81. The molecule has 0 aliphatic carbocycles. The molecule has 1 heterocycles. The molecule has 2 N–H and O–H groups in total. The minimum Gasteiger partial charge on any atom is -0.480 e. The average molecular weight is 369 g/mol. The topological polar surface area (TPSA) is 101 Å². The molecule has 0 spiro atoms. The van der Waals surface area contributed by atoms with Crippen molar-refractivity contribution < 1.29 is 27.9 Å². The number of nitrogens with zero attached hydrogens (tertiary/aromatic N) is 2. The van der Waals surface area contributed by atoms with Gasteiger partial charge in [0, 0.05) is 18.2 Å². The number of halogens is 3. The minimum absolute atomic E-state index is 0.0404. The van der Waals surface area contributed by atoms with Crippen LogP contribution in [0.15, 0.2) is 35.1 Å². The van der Waals surface area contributed by atoms with Crippen molar-refractivity contribution in [3.05, 3.63) is 57.8 Å². The van der Waals surface area contributed by atoms with Crippen LogP contribution in [0.2, 0.25) is 0 Å². The number of carbonyl (C=O) groups excluding carboxylic acids is 1. The summed E-state index contributed by atoms with van der Waals surface area (Å²) in [7, 11) is 0. The first-order valence-electron chi connectivity index (χ1n) is 7.38. The Balaban J connectivity index is 2.42. The normalized spacial score (nSPS) is 12.0. The molecule has 1 aromatic carbocycles. The molecule has 2 aromatic rings. The zero-order valence-electron chi connectivity index (χ0n) is 13.4. The molecule has 138 valence electrons. The van der Waals surface area contributed by atoms with Gasteiger partial charge in [-0.2, -0.15) is 5.10 Å². The standard InChI is InChI=1S/C16H14F3N3O4/c1-8-6-12(23)14(15(24)20-10(16(25)26)7-13(18)19)21-22(8)11-5-3-2-4-9(11)17/h2-6,10,13H,7H2,1H3,(H,20,24)(H,25,26). The van der Waals surface area contributed by atoms with Crippen LogP contribution in [-0.2, 0) is 4.79 Å². The molecule has 0 aliphatic heterocycles. The molecule has 1 aromatic heterocycles. The summed E-state index contributed by atoms with van der Waals surface area (Å²) in [4.78, 5) is 35.1. The second-order valence-electron chi connectivity index (χ2n) is 5.35. The van der Waals surface area contributed by atoms with E-state index < -0.39 is 47.7 Å². The summed E-state index contributed by atoms with van der Waals surface area (Å²) >= 11 is 0. The van der Waals surface area contributed by atoms with E-state index in [2.05, 4.69) is 5.10 Å². The third-order valence-electron chi connectivity index (χ3n) is 3.42. The van der Waals surface area contributed by atoms with Gasteiger partial charge < -0.3 is 10.4 Å². The van der Waals surface area contributed by atoms with E-state index in [1.165, 1.54) is 25.1 Å². The highest BCUT2D eigenvalue weighted by Crippen LogP contribution is 2.13. The maximum Gasteiger partial charge on any atom is 0.326 e.